The van der Waals surface area contributed by atoms with E-state index in [-0.39, 0.29) is 5.69 Å². The van der Waals surface area contributed by atoms with E-state index in [4.69, 9.17) is 5.11 Å². The van der Waals surface area contributed by atoms with Crippen LogP contribution in [0.25, 0.3) is 0 Å². The van der Waals surface area contributed by atoms with Crippen LogP contribution in [0.1, 0.15) is 54.9 Å². The van der Waals surface area contributed by atoms with Crippen molar-refractivity contribution in [2.45, 2.75) is 46.5 Å². The Bertz CT molecular complexity index is 390. The summed E-state index contributed by atoms with van der Waals surface area (Å²) in [6.45, 7) is 7.06. The highest BCUT2D eigenvalue weighted by molar-refractivity contribution is 7.15. The van der Waals surface area contributed by atoms with Crippen molar-refractivity contribution in [3.63, 3.8) is 0 Å². The summed E-state index contributed by atoms with van der Waals surface area (Å²) in [5.74, 6) is -0.308. The molecule has 0 aromatic carbocycles. The molecule has 4 nitrogen and oxygen atoms in total. The Balaban J connectivity index is 2.51. The van der Waals surface area contributed by atoms with E-state index in [0.717, 1.165) is 23.0 Å². The molecular weight excluding hydrogens is 248 g/mol. The highest BCUT2D eigenvalue weighted by atomic mass is 32.1. The second kappa shape index (κ2) is 7.36. The van der Waals surface area contributed by atoms with Crippen LogP contribution in [-0.2, 0) is 0 Å². The Morgan fingerprint density at radius 2 is 2.22 bits per heavy atom. The Labute approximate surface area is 112 Å². The summed E-state index contributed by atoms with van der Waals surface area (Å²) in [6, 6.07) is 0. The third kappa shape index (κ3) is 4.29. The van der Waals surface area contributed by atoms with Gasteiger partial charge >= 0.3 is 5.97 Å². The van der Waals surface area contributed by atoms with Gasteiger partial charge in [0.05, 0.1) is 0 Å². The number of aryl methyl sites for hydroxylation is 1. The van der Waals surface area contributed by atoms with E-state index in [9.17, 15) is 4.79 Å². The molecule has 0 fully saturated rings. The molecule has 0 spiro atoms. The maximum absolute atomic E-state index is 10.9. The van der Waals surface area contributed by atoms with Crippen molar-refractivity contribution in [2.75, 3.05) is 11.9 Å². The van der Waals surface area contributed by atoms with Crippen LogP contribution in [0.5, 0.6) is 0 Å². The van der Waals surface area contributed by atoms with Gasteiger partial charge in [0.1, 0.15) is 0 Å². The maximum atomic E-state index is 10.9. The van der Waals surface area contributed by atoms with Crippen molar-refractivity contribution < 1.29 is 9.90 Å². The fraction of sp³-hybridized carbons (Fsp3) is 0.692. The first-order valence-electron chi connectivity index (χ1n) is 6.53. The summed E-state index contributed by atoms with van der Waals surface area (Å²) >= 11 is 1.42. The summed E-state index contributed by atoms with van der Waals surface area (Å²) in [5, 5.41) is 12.9. The quantitative estimate of drug-likeness (QED) is 0.754. The second-order valence-corrected chi connectivity index (χ2v) is 5.73. The average Bonchev–Trinajstić information content (AvgIpc) is 2.71. The molecule has 1 atom stereocenters. The summed E-state index contributed by atoms with van der Waals surface area (Å²) in [7, 11) is 0. The second-order valence-electron chi connectivity index (χ2n) is 4.53. The van der Waals surface area contributed by atoms with E-state index in [0.29, 0.717) is 5.92 Å². The summed E-state index contributed by atoms with van der Waals surface area (Å²) in [5.41, 5.74) is 0.170. The van der Waals surface area contributed by atoms with Gasteiger partial charge in [-0.1, -0.05) is 33.1 Å². The number of thiazole rings is 1. The molecule has 0 bridgehead atoms. The first kappa shape index (κ1) is 15.0. The molecule has 0 amide bonds. The molecule has 2 N–H and O–H groups in total. The highest BCUT2D eigenvalue weighted by Gasteiger charge is 2.14. The first-order valence-corrected chi connectivity index (χ1v) is 7.34. The van der Waals surface area contributed by atoms with Crippen molar-refractivity contribution in [2.24, 2.45) is 5.92 Å². The zero-order valence-corrected chi connectivity index (χ0v) is 12.1. The Morgan fingerprint density at radius 3 is 2.72 bits per heavy atom. The third-order valence-corrected chi connectivity index (χ3v) is 4.01. The van der Waals surface area contributed by atoms with E-state index in [1.165, 1.54) is 30.6 Å². The fourth-order valence-electron chi connectivity index (χ4n) is 1.85. The molecule has 0 radical (unpaired) electrons. The van der Waals surface area contributed by atoms with Crippen LogP contribution in [0, 0.1) is 12.8 Å². The Hall–Kier alpha value is -1.10. The molecule has 1 unspecified atom stereocenters. The number of carbonyl (C=O) groups is 1. The lowest BCUT2D eigenvalue weighted by Gasteiger charge is -2.14. The van der Waals surface area contributed by atoms with Crippen molar-refractivity contribution in [3.8, 4) is 0 Å². The number of carboxylic acid groups (broad SMARTS) is 1. The molecule has 102 valence electrons. The van der Waals surface area contributed by atoms with E-state index in [2.05, 4.69) is 24.1 Å². The minimum Gasteiger partial charge on any atom is -0.476 e. The zero-order valence-electron chi connectivity index (χ0n) is 11.3. The van der Waals surface area contributed by atoms with E-state index in [1.807, 2.05) is 0 Å². The third-order valence-electron chi connectivity index (χ3n) is 3.08. The minimum absolute atomic E-state index is 0.170. The summed E-state index contributed by atoms with van der Waals surface area (Å²) < 4.78 is 0. The minimum atomic E-state index is -0.949. The number of nitrogens with zero attached hydrogens (tertiary/aromatic N) is 1. The van der Waals surface area contributed by atoms with Gasteiger partial charge in [-0.3, -0.25) is 0 Å². The van der Waals surface area contributed by atoms with E-state index in [1.54, 1.807) is 6.92 Å². The predicted molar refractivity (Wildman–Crippen MR) is 75.6 cm³/mol. The number of aromatic carboxylic acids is 1. The molecule has 18 heavy (non-hydrogen) atoms. The van der Waals surface area contributed by atoms with Crippen molar-refractivity contribution >= 4 is 22.4 Å². The summed E-state index contributed by atoms with van der Waals surface area (Å²) in [6.07, 6.45) is 4.83. The van der Waals surface area contributed by atoms with Crippen molar-refractivity contribution in [3.05, 3.63) is 10.6 Å². The van der Waals surface area contributed by atoms with Gasteiger partial charge in [0.15, 0.2) is 10.8 Å². The van der Waals surface area contributed by atoms with Crippen molar-refractivity contribution in [1.82, 2.24) is 4.98 Å². The average molecular weight is 270 g/mol. The van der Waals surface area contributed by atoms with Gasteiger partial charge in [0.25, 0.3) is 0 Å². The Morgan fingerprint density at radius 1 is 1.50 bits per heavy atom. The molecule has 1 aromatic heterocycles. The fourth-order valence-corrected chi connectivity index (χ4v) is 2.66. The SMILES string of the molecule is CCCCC(CC)CNc1nc(C(=O)O)c(C)s1. The summed E-state index contributed by atoms with van der Waals surface area (Å²) in [4.78, 5) is 15.7. The van der Waals surface area contributed by atoms with Gasteiger partial charge in [-0.05, 0) is 19.3 Å². The topological polar surface area (TPSA) is 62.2 Å². The van der Waals surface area contributed by atoms with Crippen LogP contribution in [-0.4, -0.2) is 22.6 Å². The predicted octanol–water partition coefficient (Wildman–Crippen LogP) is 3.78. The number of hydrogen-bond acceptors (Lipinski definition) is 4. The van der Waals surface area contributed by atoms with Crippen molar-refractivity contribution in [1.29, 1.82) is 0 Å². The van der Waals surface area contributed by atoms with Crippen LogP contribution in [0.3, 0.4) is 0 Å². The molecule has 0 saturated heterocycles. The molecule has 1 aromatic rings. The van der Waals surface area contributed by atoms with Crippen LogP contribution >= 0.6 is 11.3 Å². The van der Waals surface area contributed by atoms with Gasteiger partial charge in [-0.25, -0.2) is 9.78 Å². The monoisotopic (exact) mass is 270 g/mol. The molecule has 0 aliphatic carbocycles. The van der Waals surface area contributed by atoms with Gasteiger partial charge in [0, 0.05) is 11.4 Å². The van der Waals surface area contributed by atoms with Crippen LogP contribution in [0.2, 0.25) is 0 Å². The lowest BCUT2D eigenvalue weighted by molar-refractivity contribution is 0.0690. The molecular formula is C13H22N2O2S. The lowest BCUT2D eigenvalue weighted by atomic mass is 10.00. The van der Waals surface area contributed by atoms with E-state index >= 15 is 0 Å². The lowest BCUT2D eigenvalue weighted by Crippen LogP contribution is -2.13. The highest BCUT2D eigenvalue weighted by Crippen LogP contribution is 2.23. The van der Waals surface area contributed by atoms with Gasteiger partial charge in [0.2, 0.25) is 0 Å². The maximum Gasteiger partial charge on any atom is 0.355 e. The standard InChI is InChI=1S/C13H22N2O2S/c1-4-6-7-10(5-2)8-14-13-15-11(12(16)17)9(3)18-13/h10H,4-8H2,1-3H3,(H,14,15)(H,16,17). The number of nitrogens with one attached hydrogen (secondary N) is 1. The molecule has 0 aliphatic heterocycles. The molecule has 5 heteroatoms. The Kier molecular flexibility index (Phi) is 6.12. The largest absolute Gasteiger partial charge is 0.476 e. The van der Waals surface area contributed by atoms with Crippen LogP contribution < -0.4 is 5.32 Å². The number of hydrogen-bond donors (Lipinski definition) is 2. The normalized spacial score (nSPS) is 12.4. The molecule has 1 heterocycles. The first-order chi connectivity index (χ1) is 8.58. The molecule has 0 aliphatic rings. The molecule has 0 saturated carbocycles. The number of rotatable bonds is 8. The van der Waals surface area contributed by atoms with Gasteiger partial charge in [-0.15, -0.1) is 11.3 Å². The molecule has 1 rings (SSSR count). The van der Waals surface area contributed by atoms with Crippen LogP contribution in [0.15, 0.2) is 0 Å². The number of unbranched alkanes of at least 4 members (excludes halogenated alkanes) is 1. The van der Waals surface area contributed by atoms with E-state index < -0.39 is 5.97 Å². The van der Waals surface area contributed by atoms with Gasteiger partial charge in [-0.2, -0.15) is 0 Å². The number of aromatic nitrogens is 1. The number of anilines is 1. The zero-order chi connectivity index (χ0) is 13.5. The van der Waals surface area contributed by atoms with Crippen LogP contribution in [0.4, 0.5) is 5.13 Å². The number of carboxylic acids is 1. The van der Waals surface area contributed by atoms with Gasteiger partial charge < -0.3 is 10.4 Å². The smallest absolute Gasteiger partial charge is 0.355 e.